The van der Waals surface area contributed by atoms with E-state index in [4.69, 9.17) is 4.74 Å². The zero-order chi connectivity index (χ0) is 15.1. The van der Waals surface area contributed by atoms with Gasteiger partial charge in [-0.2, -0.15) is 0 Å². The molecule has 114 valence electrons. The SMILES string of the molecule is CCCCOc1ccc(C(NCC)c2ccsc2C)cc1. The van der Waals surface area contributed by atoms with Crippen LogP contribution in [0.5, 0.6) is 5.75 Å². The third kappa shape index (κ3) is 4.32. The Morgan fingerprint density at radius 2 is 1.90 bits per heavy atom. The van der Waals surface area contributed by atoms with Crippen LogP contribution in [0.4, 0.5) is 0 Å². The van der Waals surface area contributed by atoms with Gasteiger partial charge in [-0.15, -0.1) is 11.3 Å². The van der Waals surface area contributed by atoms with Gasteiger partial charge in [-0.1, -0.05) is 32.4 Å². The number of ether oxygens (including phenoxy) is 1. The van der Waals surface area contributed by atoms with Gasteiger partial charge in [0.15, 0.2) is 0 Å². The predicted molar refractivity (Wildman–Crippen MR) is 91.4 cm³/mol. The Kier molecular flexibility index (Phi) is 6.27. The monoisotopic (exact) mass is 303 g/mol. The van der Waals surface area contributed by atoms with E-state index in [0.29, 0.717) is 0 Å². The van der Waals surface area contributed by atoms with Gasteiger partial charge in [0.2, 0.25) is 0 Å². The molecule has 2 rings (SSSR count). The van der Waals surface area contributed by atoms with Crippen molar-refractivity contribution in [1.29, 1.82) is 0 Å². The molecule has 0 amide bonds. The van der Waals surface area contributed by atoms with Crippen molar-refractivity contribution in [2.45, 2.75) is 39.7 Å². The summed E-state index contributed by atoms with van der Waals surface area (Å²) in [6.45, 7) is 8.27. The topological polar surface area (TPSA) is 21.3 Å². The first kappa shape index (κ1) is 16.1. The van der Waals surface area contributed by atoms with Crippen molar-refractivity contribution in [3.8, 4) is 5.75 Å². The second-order valence-corrected chi connectivity index (χ2v) is 6.31. The fraction of sp³-hybridized carbons (Fsp3) is 0.444. The molecule has 0 saturated carbocycles. The summed E-state index contributed by atoms with van der Waals surface area (Å²) in [6, 6.07) is 11.0. The summed E-state index contributed by atoms with van der Waals surface area (Å²) in [7, 11) is 0. The molecule has 0 bridgehead atoms. The largest absolute Gasteiger partial charge is 0.494 e. The number of thiophene rings is 1. The van der Waals surface area contributed by atoms with Gasteiger partial charge in [-0.25, -0.2) is 0 Å². The second kappa shape index (κ2) is 8.20. The lowest BCUT2D eigenvalue weighted by molar-refractivity contribution is 0.309. The van der Waals surface area contributed by atoms with Gasteiger partial charge in [0.25, 0.3) is 0 Å². The number of aryl methyl sites for hydroxylation is 1. The van der Waals surface area contributed by atoms with Crippen LogP contribution in [0.3, 0.4) is 0 Å². The molecule has 0 radical (unpaired) electrons. The molecular formula is C18H25NOS. The minimum atomic E-state index is 0.269. The lowest BCUT2D eigenvalue weighted by Gasteiger charge is -2.19. The van der Waals surface area contributed by atoms with Crippen LogP contribution >= 0.6 is 11.3 Å². The van der Waals surface area contributed by atoms with Gasteiger partial charge in [0.05, 0.1) is 12.6 Å². The average Bonchev–Trinajstić information content (AvgIpc) is 2.92. The molecule has 1 aromatic heterocycles. The fourth-order valence-electron chi connectivity index (χ4n) is 2.40. The number of hydrogen-bond donors (Lipinski definition) is 1. The molecule has 0 saturated heterocycles. The first-order valence-electron chi connectivity index (χ1n) is 7.76. The summed E-state index contributed by atoms with van der Waals surface area (Å²) in [5.74, 6) is 0.962. The highest BCUT2D eigenvalue weighted by Crippen LogP contribution is 2.29. The van der Waals surface area contributed by atoms with Crippen LogP contribution in [0.2, 0.25) is 0 Å². The maximum absolute atomic E-state index is 5.74. The van der Waals surface area contributed by atoms with Crippen molar-refractivity contribution in [3.05, 3.63) is 51.7 Å². The molecule has 1 N–H and O–H groups in total. The van der Waals surface area contributed by atoms with Crippen molar-refractivity contribution in [2.24, 2.45) is 0 Å². The van der Waals surface area contributed by atoms with Gasteiger partial charge in [0, 0.05) is 4.88 Å². The normalized spacial score (nSPS) is 12.3. The summed E-state index contributed by atoms with van der Waals surface area (Å²) in [4.78, 5) is 1.38. The van der Waals surface area contributed by atoms with Gasteiger partial charge >= 0.3 is 0 Å². The summed E-state index contributed by atoms with van der Waals surface area (Å²) in [5.41, 5.74) is 2.67. The molecule has 1 unspecified atom stereocenters. The standard InChI is InChI=1S/C18H25NOS/c1-4-6-12-20-16-9-7-15(8-10-16)18(19-5-2)17-11-13-21-14(17)3/h7-11,13,18-19H,4-6,12H2,1-3H3. The van der Waals surface area contributed by atoms with Crippen molar-refractivity contribution < 1.29 is 4.74 Å². The highest BCUT2D eigenvalue weighted by molar-refractivity contribution is 7.10. The molecule has 3 heteroatoms. The molecular weight excluding hydrogens is 278 g/mol. The highest BCUT2D eigenvalue weighted by Gasteiger charge is 2.15. The summed E-state index contributed by atoms with van der Waals surface area (Å²) in [6.07, 6.45) is 2.27. The number of unbranched alkanes of at least 4 members (excludes halogenated alkanes) is 1. The van der Waals surface area contributed by atoms with Crippen LogP contribution in [0, 0.1) is 6.92 Å². The summed E-state index contributed by atoms with van der Waals surface area (Å²) < 4.78 is 5.74. The van der Waals surface area contributed by atoms with Gasteiger partial charge in [-0.3, -0.25) is 0 Å². The van der Waals surface area contributed by atoms with E-state index in [-0.39, 0.29) is 6.04 Å². The quantitative estimate of drug-likeness (QED) is 0.698. The number of benzene rings is 1. The molecule has 1 atom stereocenters. The molecule has 1 heterocycles. The van der Waals surface area contributed by atoms with Crippen LogP contribution in [-0.4, -0.2) is 13.2 Å². The van der Waals surface area contributed by atoms with Gasteiger partial charge in [0.1, 0.15) is 5.75 Å². The van der Waals surface area contributed by atoms with Crippen LogP contribution in [0.1, 0.15) is 48.7 Å². The lowest BCUT2D eigenvalue weighted by Crippen LogP contribution is -2.22. The van der Waals surface area contributed by atoms with E-state index in [2.05, 4.69) is 61.8 Å². The van der Waals surface area contributed by atoms with E-state index in [9.17, 15) is 0 Å². The lowest BCUT2D eigenvalue weighted by atomic mass is 9.99. The van der Waals surface area contributed by atoms with E-state index in [0.717, 1.165) is 31.7 Å². The zero-order valence-electron chi connectivity index (χ0n) is 13.2. The highest BCUT2D eigenvalue weighted by atomic mass is 32.1. The molecule has 0 spiro atoms. The van der Waals surface area contributed by atoms with E-state index < -0.39 is 0 Å². The van der Waals surface area contributed by atoms with Gasteiger partial charge < -0.3 is 10.1 Å². The number of rotatable bonds is 8. The first-order valence-corrected chi connectivity index (χ1v) is 8.64. The van der Waals surface area contributed by atoms with E-state index >= 15 is 0 Å². The molecule has 1 aromatic carbocycles. The third-order valence-electron chi connectivity index (χ3n) is 3.60. The molecule has 2 nitrogen and oxygen atoms in total. The molecule has 0 fully saturated rings. The van der Waals surface area contributed by atoms with Gasteiger partial charge in [-0.05, 0) is 54.6 Å². The summed E-state index contributed by atoms with van der Waals surface area (Å²) >= 11 is 1.81. The second-order valence-electron chi connectivity index (χ2n) is 5.19. The van der Waals surface area contributed by atoms with Crippen molar-refractivity contribution >= 4 is 11.3 Å². The number of hydrogen-bond acceptors (Lipinski definition) is 3. The predicted octanol–water partition coefficient (Wildman–Crippen LogP) is 4.93. The van der Waals surface area contributed by atoms with Crippen LogP contribution in [-0.2, 0) is 0 Å². The van der Waals surface area contributed by atoms with Crippen molar-refractivity contribution in [3.63, 3.8) is 0 Å². The van der Waals surface area contributed by atoms with E-state index in [1.807, 2.05) is 0 Å². The average molecular weight is 303 g/mol. The van der Waals surface area contributed by atoms with E-state index in [1.165, 1.54) is 16.0 Å². The van der Waals surface area contributed by atoms with Crippen molar-refractivity contribution in [2.75, 3.05) is 13.2 Å². The van der Waals surface area contributed by atoms with Crippen LogP contribution in [0.15, 0.2) is 35.7 Å². The Hall–Kier alpha value is -1.32. The Balaban J connectivity index is 2.12. The fourth-order valence-corrected chi connectivity index (χ4v) is 3.14. The molecule has 0 aliphatic heterocycles. The Bertz CT molecular complexity index is 532. The molecule has 21 heavy (non-hydrogen) atoms. The first-order chi connectivity index (χ1) is 10.3. The van der Waals surface area contributed by atoms with Crippen LogP contribution in [0.25, 0.3) is 0 Å². The smallest absolute Gasteiger partial charge is 0.119 e. The molecule has 0 aliphatic rings. The minimum absolute atomic E-state index is 0.269. The minimum Gasteiger partial charge on any atom is -0.494 e. The van der Waals surface area contributed by atoms with E-state index in [1.54, 1.807) is 11.3 Å². The Morgan fingerprint density at radius 3 is 2.48 bits per heavy atom. The van der Waals surface area contributed by atoms with Crippen molar-refractivity contribution in [1.82, 2.24) is 5.32 Å². The Labute approximate surface area is 132 Å². The maximum Gasteiger partial charge on any atom is 0.119 e. The summed E-state index contributed by atoms with van der Waals surface area (Å²) in [5, 5.41) is 5.74. The number of nitrogens with one attached hydrogen (secondary N) is 1. The zero-order valence-corrected chi connectivity index (χ0v) is 14.0. The third-order valence-corrected chi connectivity index (χ3v) is 4.46. The molecule has 2 aromatic rings. The Morgan fingerprint density at radius 1 is 1.14 bits per heavy atom. The molecule has 0 aliphatic carbocycles. The van der Waals surface area contributed by atoms with Crippen LogP contribution < -0.4 is 10.1 Å². The maximum atomic E-state index is 5.74.